The van der Waals surface area contributed by atoms with E-state index in [0.29, 0.717) is 27.9 Å². The summed E-state index contributed by atoms with van der Waals surface area (Å²) in [5.41, 5.74) is 1.18. The van der Waals surface area contributed by atoms with E-state index in [1.165, 1.54) is 24.3 Å². The number of benzene rings is 4. The predicted molar refractivity (Wildman–Crippen MR) is 168 cm³/mol. The Kier molecular flexibility index (Phi) is 11.5. The van der Waals surface area contributed by atoms with Crippen molar-refractivity contribution in [1.29, 1.82) is 0 Å². The molecule has 4 aromatic carbocycles. The Morgan fingerprint density at radius 1 is 0.688 bits per heavy atom. The first-order valence-electron chi connectivity index (χ1n) is 14.8. The van der Waals surface area contributed by atoms with Crippen LogP contribution in [-0.4, -0.2) is 37.0 Å². The van der Waals surface area contributed by atoms with Crippen molar-refractivity contribution >= 4 is 29.2 Å². The molecule has 0 aliphatic rings. The molecule has 2 amide bonds. The van der Waals surface area contributed by atoms with Gasteiger partial charge in [0.15, 0.2) is 0 Å². The quantitative estimate of drug-likeness (QED) is 0.106. The summed E-state index contributed by atoms with van der Waals surface area (Å²) < 4.78 is 82.7. The molecule has 0 saturated carbocycles. The molecule has 13 heteroatoms. The molecule has 0 bridgehead atoms. The van der Waals surface area contributed by atoms with Crippen molar-refractivity contribution in [3.05, 3.63) is 119 Å². The standard InChI is InChI=1S/C35H31F6N3O4/c1-2-48-31(45)19-20-42-32(46)25-9-15-28(16-10-25)43-30(33(47)44-29-17-13-27(14-18-29)35(39,40)41)21-22-3-5-23(6-4-22)24-7-11-26(12-8-24)34(36,37)38/h3-18,30,43H,2,19-21H2,1H3,(H,42,46)(H,44,47)/t30-/m1/s1. The van der Waals surface area contributed by atoms with E-state index >= 15 is 0 Å². The Labute approximate surface area is 272 Å². The fraction of sp³-hybridized carbons (Fsp3) is 0.229. The lowest BCUT2D eigenvalue weighted by Crippen LogP contribution is -2.36. The Balaban J connectivity index is 1.49. The highest BCUT2D eigenvalue weighted by Crippen LogP contribution is 2.32. The number of nitrogens with one attached hydrogen (secondary N) is 3. The van der Waals surface area contributed by atoms with Gasteiger partial charge in [-0.3, -0.25) is 14.4 Å². The van der Waals surface area contributed by atoms with Gasteiger partial charge in [0.05, 0.1) is 24.2 Å². The Morgan fingerprint density at radius 3 is 1.71 bits per heavy atom. The van der Waals surface area contributed by atoms with Gasteiger partial charge in [0.1, 0.15) is 6.04 Å². The van der Waals surface area contributed by atoms with Crippen LogP contribution in [0.15, 0.2) is 97.1 Å². The molecule has 48 heavy (non-hydrogen) atoms. The maximum absolute atomic E-state index is 13.4. The molecule has 0 aliphatic heterocycles. The summed E-state index contributed by atoms with van der Waals surface area (Å²) in [5.74, 6) is -1.41. The van der Waals surface area contributed by atoms with Gasteiger partial charge in [0.25, 0.3) is 5.91 Å². The summed E-state index contributed by atoms with van der Waals surface area (Å²) >= 11 is 0. The Bertz CT molecular complexity index is 1690. The molecule has 7 nitrogen and oxygen atoms in total. The third-order valence-electron chi connectivity index (χ3n) is 7.14. The first kappa shape index (κ1) is 35.5. The van der Waals surface area contributed by atoms with Crippen LogP contribution in [0.4, 0.5) is 37.7 Å². The second-order valence-corrected chi connectivity index (χ2v) is 10.6. The Morgan fingerprint density at radius 2 is 1.19 bits per heavy atom. The van der Waals surface area contributed by atoms with E-state index < -0.39 is 47.3 Å². The molecule has 3 N–H and O–H groups in total. The van der Waals surface area contributed by atoms with Crippen LogP contribution in [0, 0.1) is 0 Å². The van der Waals surface area contributed by atoms with Crippen molar-refractivity contribution in [1.82, 2.24) is 5.32 Å². The lowest BCUT2D eigenvalue weighted by molar-refractivity contribution is -0.143. The summed E-state index contributed by atoms with van der Waals surface area (Å²) in [7, 11) is 0. The first-order chi connectivity index (χ1) is 22.7. The van der Waals surface area contributed by atoms with E-state index in [1.807, 2.05) is 0 Å². The molecule has 0 saturated heterocycles. The van der Waals surface area contributed by atoms with Gasteiger partial charge in [-0.05, 0) is 84.3 Å². The molecule has 0 heterocycles. The molecule has 252 valence electrons. The van der Waals surface area contributed by atoms with Crippen LogP contribution in [0.2, 0.25) is 0 Å². The predicted octanol–water partition coefficient (Wildman–Crippen LogP) is 7.74. The zero-order chi connectivity index (χ0) is 34.9. The van der Waals surface area contributed by atoms with Crippen LogP contribution in [0.3, 0.4) is 0 Å². The molecule has 4 aromatic rings. The minimum atomic E-state index is -4.54. The van der Waals surface area contributed by atoms with Crippen LogP contribution in [0.5, 0.6) is 0 Å². The van der Waals surface area contributed by atoms with Gasteiger partial charge in [-0.25, -0.2) is 0 Å². The lowest BCUT2D eigenvalue weighted by atomic mass is 9.99. The summed E-state index contributed by atoms with van der Waals surface area (Å²) in [4.78, 5) is 37.4. The van der Waals surface area contributed by atoms with Crippen molar-refractivity contribution in [2.24, 2.45) is 0 Å². The summed E-state index contributed by atoms with van der Waals surface area (Å²) in [5, 5.41) is 8.34. The number of alkyl halides is 6. The number of halogens is 6. The normalized spacial score (nSPS) is 12.1. The third kappa shape index (κ3) is 10.1. The highest BCUT2D eigenvalue weighted by Gasteiger charge is 2.31. The maximum Gasteiger partial charge on any atom is 0.416 e. The maximum atomic E-state index is 13.4. The summed E-state index contributed by atoms with van der Waals surface area (Å²) in [6.07, 6.45) is -8.86. The van der Waals surface area contributed by atoms with Gasteiger partial charge < -0.3 is 20.7 Å². The number of rotatable bonds is 12. The fourth-order valence-electron chi connectivity index (χ4n) is 4.63. The highest BCUT2D eigenvalue weighted by atomic mass is 19.4. The van der Waals surface area contributed by atoms with E-state index in [2.05, 4.69) is 16.0 Å². The molecule has 4 rings (SSSR count). The summed E-state index contributed by atoms with van der Waals surface area (Å²) in [6, 6.07) is 20.8. The van der Waals surface area contributed by atoms with E-state index in [4.69, 9.17) is 4.74 Å². The SMILES string of the molecule is CCOC(=O)CCNC(=O)c1ccc(N[C@H](Cc2ccc(-c3ccc(C(F)(F)F)cc3)cc2)C(=O)Nc2ccc(C(F)(F)F)cc2)cc1. The molecule has 0 spiro atoms. The number of amides is 2. The van der Waals surface area contributed by atoms with Crippen LogP contribution < -0.4 is 16.0 Å². The van der Waals surface area contributed by atoms with E-state index in [0.717, 1.165) is 36.4 Å². The van der Waals surface area contributed by atoms with Crippen molar-refractivity contribution in [3.63, 3.8) is 0 Å². The van der Waals surface area contributed by atoms with Crippen molar-refractivity contribution in [3.8, 4) is 11.1 Å². The molecular weight excluding hydrogens is 640 g/mol. The number of carbonyl (C=O) groups excluding carboxylic acids is 3. The monoisotopic (exact) mass is 671 g/mol. The number of esters is 1. The highest BCUT2D eigenvalue weighted by molar-refractivity contribution is 5.97. The van der Waals surface area contributed by atoms with Crippen LogP contribution in [0.25, 0.3) is 11.1 Å². The topological polar surface area (TPSA) is 96.5 Å². The smallest absolute Gasteiger partial charge is 0.416 e. The van der Waals surface area contributed by atoms with E-state index in [-0.39, 0.29) is 31.7 Å². The molecule has 0 aliphatic carbocycles. The van der Waals surface area contributed by atoms with Gasteiger partial charge in [0, 0.05) is 29.9 Å². The first-order valence-corrected chi connectivity index (χ1v) is 14.8. The second-order valence-electron chi connectivity index (χ2n) is 10.6. The van der Waals surface area contributed by atoms with Gasteiger partial charge in [0.2, 0.25) is 5.91 Å². The summed E-state index contributed by atoms with van der Waals surface area (Å²) in [6.45, 7) is 2.00. The van der Waals surface area contributed by atoms with Gasteiger partial charge in [-0.2, -0.15) is 26.3 Å². The number of hydrogen-bond acceptors (Lipinski definition) is 5. The van der Waals surface area contributed by atoms with E-state index in [1.54, 1.807) is 43.3 Å². The molecule has 1 atom stereocenters. The molecule has 0 unspecified atom stereocenters. The fourth-order valence-corrected chi connectivity index (χ4v) is 4.63. The van der Waals surface area contributed by atoms with Crippen LogP contribution >= 0.6 is 0 Å². The van der Waals surface area contributed by atoms with Crippen molar-refractivity contribution in [2.75, 3.05) is 23.8 Å². The largest absolute Gasteiger partial charge is 0.466 e. The zero-order valence-corrected chi connectivity index (χ0v) is 25.5. The van der Waals surface area contributed by atoms with Gasteiger partial charge >= 0.3 is 18.3 Å². The lowest BCUT2D eigenvalue weighted by Gasteiger charge is -2.20. The number of hydrogen-bond donors (Lipinski definition) is 3. The van der Waals surface area contributed by atoms with Crippen molar-refractivity contribution in [2.45, 2.75) is 38.2 Å². The Hall–Kier alpha value is -5.33. The van der Waals surface area contributed by atoms with Gasteiger partial charge in [-0.15, -0.1) is 0 Å². The molecular formula is C35H31F6N3O4. The van der Waals surface area contributed by atoms with Gasteiger partial charge in [-0.1, -0.05) is 36.4 Å². The number of carbonyl (C=O) groups is 3. The van der Waals surface area contributed by atoms with Crippen LogP contribution in [-0.2, 0) is 33.1 Å². The zero-order valence-electron chi connectivity index (χ0n) is 25.5. The number of anilines is 2. The molecule has 0 radical (unpaired) electrons. The average Bonchev–Trinajstić information content (AvgIpc) is 3.04. The third-order valence-corrected chi connectivity index (χ3v) is 7.14. The minimum absolute atomic E-state index is 0.0141. The average molecular weight is 672 g/mol. The second kappa shape index (κ2) is 15.5. The van der Waals surface area contributed by atoms with Crippen molar-refractivity contribution < 1.29 is 45.5 Å². The van der Waals surface area contributed by atoms with Crippen LogP contribution in [0.1, 0.15) is 40.4 Å². The molecule has 0 aromatic heterocycles. The number of ether oxygens (including phenoxy) is 1. The minimum Gasteiger partial charge on any atom is -0.466 e. The molecule has 0 fully saturated rings. The van der Waals surface area contributed by atoms with E-state index in [9.17, 15) is 40.7 Å².